The number of imide groups is 1. The fraction of sp³-hybridized carbons (Fsp3) is 0.312. The van der Waals surface area contributed by atoms with E-state index in [2.05, 4.69) is 10.6 Å². The Balaban J connectivity index is 2.72. The molecule has 0 fully saturated rings. The smallest absolute Gasteiger partial charge is 0.338 e. The molecule has 0 radical (unpaired) electrons. The Morgan fingerprint density at radius 2 is 2.04 bits per heavy atom. The number of nitriles is 1. The molecule has 1 aromatic carbocycles. The predicted molar refractivity (Wildman–Crippen MR) is 81.9 cm³/mol. The molecule has 6 nitrogen and oxygen atoms in total. The highest BCUT2D eigenvalue weighted by molar-refractivity contribution is 5.96. The van der Waals surface area contributed by atoms with Crippen LogP contribution < -0.4 is 10.6 Å². The van der Waals surface area contributed by atoms with Gasteiger partial charge >= 0.3 is 18.2 Å². The summed E-state index contributed by atoms with van der Waals surface area (Å²) in [6.45, 7) is 3.17. The van der Waals surface area contributed by atoms with Crippen LogP contribution in [0, 0.1) is 11.3 Å². The molecule has 1 aliphatic rings. The molecule has 9 heteroatoms. The Kier molecular flexibility index (Phi) is 5.02. The van der Waals surface area contributed by atoms with Crippen LogP contribution in [-0.2, 0) is 6.18 Å². The van der Waals surface area contributed by atoms with Crippen LogP contribution in [0.3, 0.4) is 0 Å². The maximum atomic E-state index is 13.4. The van der Waals surface area contributed by atoms with E-state index < -0.39 is 29.8 Å². The Morgan fingerprint density at radius 3 is 2.60 bits per heavy atom. The zero-order chi connectivity index (χ0) is 18.8. The lowest BCUT2D eigenvalue weighted by molar-refractivity contribution is -0.138. The number of amides is 4. The summed E-state index contributed by atoms with van der Waals surface area (Å²) in [7, 11) is 0. The molecule has 0 aromatic heterocycles. The third-order valence-electron chi connectivity index (χ3n) is 3.68. The van der Waals surface area contributed by atoms with E-state index in [9.17, 15) is 28.0 Å². The van der Waals surface area contributed by atoms with E-state index >= 15 is 0 Å². The summed E-state index contributed by atoms with van der Waals surface area (Å²) in [5.74, 6) is 0. The monoisotopic (exact) mass is 352 g/mol. The predicted octanol–water partition coefficient (Wildman–Crippen LogP) is 3.30. The first-order valence-corrected chi connectivity index (χ1v) is 7.37. The molecule has 0 saturated heterocycles. The molecule has 4 amide bonds. The van der Waals surface area contributed by atoms with E-state index in [0.29, 0.717) is 4.90 Å². The van der Waals surface area contributed by atoms with Gasteiger partial charge in [-0.05, 0) is 25.5 Å². The summed E-state index contributed by atoms with van der Waals surface area (Å²) >= 11 is 0. The van der Waals surface area contributed by atoms with Crippen molar-refractivity contribution in [3.63, 3.8) is 0 Å². The van der Waals surface area contributed by atoms with E-state index in [4.69, 9.17) is 0 Å². The number of allylic oxidation sites excluding steroid dienone is 1. The maximum absolute atomic E-state index is 13.4. The van der Waals surface area contributed by atoms with Gasteiger partial charge in [0, 0.05) is 12.2 Å². The molecule has 1 aromatic rings. The second-order valence-corrected chi connectivity index (χ2v) is 5.27. The summed E-state index contributed by atoms with van der Waals surface area (Å²) in [6, 6.07) is 3.12. The number of rotatable bonds is 2. The van der Waals surface area contributed by atoms with E-state index in [1.165, 1.54) is 19.1 Å². The first-order valence-electron chi connectivity index (χ1n) is 7.37. The van der Waals surface area contributed by atoms with E-state index in [0.717, 1.165) is 12.1 Å². The van der Waals surface area contributed by atoms with Crippen molar-refractivity contribution in [2.45, 2.75) is 26.1 Å². The number of benzene rings is 1. The van der Waals surface area contributed by atoms with Crippen molar-refractivity contribution in [2.24, 2.45) is 0 Å². The van der Waals surface area contributed by atoms with Crippen molar-refractivity contribution in [2.75, 3.05) is 6.54 Å². The van der Waals surface area contributed by atoms with Crippen LogP contribution in [0.2, 0.25) is 0 Å². The molecule has 0 aliphatic carbocycles. The molecular weight excluding hydrogens is 337 g/mol. The van der Waals surface area contributed by atoms with Crippen molar-refractivity contribution >= 4 is 12.1 Å². The number of halogens is 3. The minimum absolute atomic E-state index is 0.107. The van der Waals surface area contributed by atoms with Crippen LogP contribution in [0.5, 0.6) is 0 Å². The van der Waals surface area contributed by atoms with Crippen molar-refractivity contribution < 1.29 is 22.8 Å². The average molecular weight is 352 g/mol. The largest absolute Gasteiger partial charge is 0.416 e. The van der Waals surface area contributed by atoms with Gasteiger partial charge in [0.05, 0.1) is 17.2 Å². The first kappa shape index (κ1) is 18.3. The van der Waals surface area contributed by atoms with E-state index in [1.54, 1.807) is 13.0 Å². The highest BCUT2D eigenvalue weighted by Crippen LogP contribution is 2.40. The van der Waals surface area contributed by atoms with Crippen molar-refractivity contribution in [3.8, 4) is 6.07 Å². The third-order valence-corrected chi connectivity index (χ3v) is 3.68. The lowest BCUT2D eigenvalue weighted by Gasteiger charge is -2.35. The van der Waals surface area contributed by atoms with Crippen molar-refractivity contribution in [1.29, 1.82) is 5.26 Å². The number of carbonyl (C=O) groups excluding carboxylic acids is 2. The fourth-order valence-electron chi connectivity index (χ4n) is 2.62. The summed E-state index contributed by atoms with van der Waals surface area (Å²) in [5.41, 5.74) is -1.38. The molecular formula is C16H15F3N4O2. The Bertz CT molecular complexity index is 780. The molecule has 2 rings (SSSR count). The Labute approximate surface area is 141 Å². The highest BCUT2D eigenvalue weighted by atomic mass is 19.4. The molecule has 25 heavy (non-hydrogen) atoms. The molecule has 0 saturated carbocycles. The Morgan fingerprint density at radius 1 is 1.40 bits per heavy atom. The maximum Gasteiger partial charge on any atom is 0.416 e. The topological polar surface area (TPSA) is 85.2 Å². The molecule has 1 aliphatic heterocycles. The van der Waals surface area contributed by atoms with E-state index in [1.807, 2.05) is 0 Å². The molecule has 132 valence electrons. The van der Waals surface area contributed by atoms with Crippen molar-refractivity contribution in [1.82, 2.24) is 15.5 Å². The van der Waals surface area contributed by atoms with Gasteiger partial charge in [-0.25, -0.2) is 14.5 Å². The van der Waals surface area contributed by atoms with Gasteiger partial charge in [-0.2, -0.15) is 18.4 Å². The number of hydrogen-bond donors (Lipinski definition) is 2. The van der Waals surface area contributed by atoms with Gasteiger partial charge in [0.2, 0.25) is 0 Å². The lowest BCUT2D eigenvalue weighted by Crippen LogP contribution is -2.53. The summed E-state index contributed by atoms with van der Waals surface area (Å²) in [6.07, 6.45) is -4.70. The summed E-state index contributed by atoms with van der Waals surface area (Å²) in [5, 5.41) is 14.1. The van der Waals surface area contributed by atoms with Crippen LogP contribution >= 0.6 is 0 Å². The lowest BCUT2D eigenvalue weighted by atomic mass is 9.91. The zero-order valence-electron chi connectivity index (χ0n) is 13.4. The molecule has 0 spiro atoms. The molecule has 2 N–H and O–H groups in total. The zero-order valence-corrected chi connectivity index (χ0v) is 13.4. The molecule has 1 heterocycles. The standard InChI is InChI=1S/C16H15F3N4O2/c1-3-21-14(24)23-13(11(8-20)9(2)22-15(23)25)10-6-4-5-7-12(10)16(17,18)19/h4-7,13H,3H2,1-2H3,(H,21,24)(H,22,25). The minimum atomic E-state index is -4.70. The number of nitrogens with one attached hydrogen (secondary N) is 2. The quantitative estimate of drug-likeness (QED) is 0.856. The molecule has 1 atom stereocenters. The van der Waals surface area contributed by atoms with Gasteiger partial charge in [0.1, 0.15) is 6.04 Å². The average Bonchev–Trinajstić information content (AvgIpc) is 2.53. The van der Waals surface area contributed by atoms with Crippen molar-refractivity contribution in [3.05, 3.63) is 46.7 Å². The molecule has 0 bridgehead atoms. The van der Waals surface area contributed by atoms with Gasteiger partial charge in [-0.3, -0.25) is 0 Å². The van der Waals surface area contributed by atoms with E-state index in [-0.39, 0.29) is 23.4 Å². The number of alkyl halides is 3. The van der Waals surface area contributed by atoms with Gasteiger partial charge in [-0.1, -0.05) is 18.2 Å². The summed E-state index contributed by atoms with van der Waals surface area (Å²) in [4.78, 5) is 25.1. The van der Waals surface area contributed by atoms with Crippen LogP contribution in [0.4, 0.5) is 22.8 Å². The van der Waals surface area contributed by atoms with Gasteiger partial charge in [-0.15, -0.1) is 0 Å². The number of nitrogens with zero attached hydrogens (tertiary/aromatic N) is 2. The summed E-state index contributed by atoms with van der Waals surface area (Å²) < 4.78 is 40.2. The first-order chi connectivity index (χ1) is 11.7. The van der Waals surface area contributed by atoms with Crippen LogP contribution in [0.1, 0.15) is 31.0 Å². The van der Waals surface area contributed by atoms with Gasteiger partial charge < -0.3 is 10.6 Å². The highest BCUT2D eigenvalue weighted by Gasteiger charge is 2.43. The number of hydrogen-bond acceptors (Lipinski definition) is 3. The van der Waals surface area contributed by atoms with Gasteiger partial charge in [0.15, 0.2) is 0 Å². The Hall–Kier alpha value is -3.02. The number of carbonyl (C=O) groups is 2. The molecule has 1 unspecified atom stereocenters. The third kappa shape index (κ3) is 3.42. The van der Waals surface area contributed by atoms with Crippen LogP contribution in [0.15, 0.2) is 35.5 Å². The second kappa shape index (κ2) is 6.84. The van der Waals surface area contributed by atoms with Gasteiger partial charge in [0.25, 0.3) is 0 Å². The normalized spacial score (nSPS) is 17.8. The van der Waals surface area contributed by atoms with Crippen LogP contribution in [0.25, 0.3) is 0 Å². The fourth-order valence-corrected chi connectivity index (χ4v) is 2.62. The SMILES string of the molecule is CCNC(=O)N1C(=O)NC(C)=C(C#N)C1c1ccccc1C(F)(F)F. The second-order valence-electron chi connectivity index (χ2n) is 5.27. The van der Waals surface area contributed by atoms with Crippen LogP contribution in [-0.4, -0.2) is 23.5 Å². The number of urea groups is 2. The minimum Gasteiger partial charge on any atom is -0.338 e.